The van der Waals surface area contributed by atoms with Crippen molar-refractivity contribution in [3.8, 4) is 6.07 Å². The molecule has 0 bridgehead atoms. The van der Waals surface area contributed by atoms with E-state index in [2.05, 4.69) is 39.1 Å². The lowest BCUT2D eigenvalue weighted by Gasteiger charge is -2.32. The summed E-state index contributed by atoms with van der Waals surface area (Å²) in [7, 11) is 3.17. The molecule has 9 nitrogen and oxygen atoms in total. The van der Waals surface area contributed by atoms with Crippen molar-refractivity contribution in [1.82, 2.24) is 10.2 Å². The monoisotopic (exact) mass is 661 g/mol. The third-order valence-electron chi connectivity index (χ3n) is 6.05. The third kappa shape index (κ3) is 19.7. The van der Waals surface area contributed by atoms with Gasteiger partial charge in [0, 0.05) is 55.6 Å². The van der Waals surface area contributed by atoms with E-state index in [1.807, 2.05) is 39.0 Å². The highest BCUT2D eigenvalue weighted by molar-refractivity contribution is 6.07. The number of aliphatic imine (C=N–C) groups is 2. The maximum absolute atomic E-state index is 13.2. The molecular formula is C35H54F3N7O2. The van der Waals surface area contributed by atoms with Crippen LogP contribution < -0.4 is 16.4 Å². The van der Waals surface area contributed by atoms with Crippen LogP contribution >= 0.6 is 0 Å². The van der Waals surface area contributed by atoms with E-state index in [1.54, 1.807) is 32.0 Å². The van der Waals surface area contributed by atoms with Gasteiger partial charge in [-0.25, -0.2) is 0 Å². The number of alkyl halides is 3. The van der Waals surface area contributed by atoms with E-state index in [0.29, 0.717) is 52.5 Å². The van der Waals surface area contributed by atoms with Gasteiger partial charge in [0.15, 0.2) is 0 Å². The molecule has 0 aliphatic carbocycles. The number of halogens is 3. The highest BCUT2D eigenvalue weighted by Gasteiger charge is 2.37. The van der Waals surface area contributed by atoms with Crippen molar-refractivity contribution in [2.45, 2.75) is 74.5 Å². The van der Waals surface area contributed by atoms with Gasteiger partial charge in [0.1, 0.15) is 12.0 Å². The fraction of sp³-hybridized carbons (Fsp3) is 0.457. The molecule has 1 aromatic carbocycles. The molecule has 12 heteroatoms. The van der Waals surface area contributed by atoms with E-state index in [1.165, 1.54) is 26.1 Å². The maximum Gasteiger partial charge on any atom is 0.433 e. The van der Waals surface area contributed by atoms with Crippen LogP contribution in [0.15, 0.2) is 76.0 Å². The minimum atomic E-state index is -4.57. The van der Waals surface area contributed by atoms with Crippen LogP contribution in [0.2, 0.25) is 0 Å². The topological polar surface area (TPSA) is 136 Å². The Bertz CT molecular complexity index is 1310. The number of amides is 1. The van der Waals surface area contributed by atoms with Crippen molar-refractivity contribution in [3.05, 3.63) is 77.2 Å². The molecule has 47 heavy (non-hydrogen) atoms. The van der Waals surface area contributed by atoms with Crippen LogP contribution in [0, 0.1) is 18.3 Å². The van der Waals surface area contributed by atoms with E-state index >= 15 is 0 Å². The number of allylic oxidation sites excluding steroid dienone is 6. The van der Waals surface area contributed by atoms with Gasteiger partial charge in [-0.15, -0.1) is 0 Å². The number of likely N-dealkylation sites (tertiary alicyclic amines) is 1. The van der Waals surface area contributed by atoms with Gasteiger partial charge in [0.05, 0.1) is 24.0 Å². The van der Waals surface area contributed by atoms with E-state index < -0.39 is 11.9 Å². The molecule has 1 aliphatic rings. The average molecular weight is 662 g/mol. The minimum absolute atomic E-state index is 0. The molecule has 1 saturated heterocycles. The SMILES string of the molecule is C.C/C=C\C.C=C(Nc1ccc(C(=O)NCC=O)c(C)c1)C(C)=N/C=C(C)/C(=C/C)C(=NC)C(F)(F)F.CCC#N.CN1CC(N)C1. The van der Waals surface area contributed by atoms with Crippen molar-refractivity contribution >= 4 is 29.3 Å². The minimum Gasteiger partial charge on any atom is -0.355 e. The van der Waals surface area contributed by atoms with Gasteiger partial charge in [-0.2, -0.15) is 18.4 Å². The summed E-state index contributed by atoms with van der Waals surface area (Å²) in [5.74, 6) is -0.355. The Hall–Kier alpha value is -4.34. The summed E-state index contributed by atoms with van der Waals surface area (Å²) >= 11 is 0. The number of nitriles is 1. The first-order chi connectivity index (χ1) is 21.6. The van der Waals surface area contributed by atoms with Gasteiger partial charge in [0.2, 0.25) is 0 Å². The highest BCUT2D eigenvalue weighted by atomic mass is 19.4. The van der Waals surface area contributed by atoms with Crippen LogP contribution in [-0.2, 0) is 4.79 Å². The molecule has 262 valence electrons. The van der Waals surface area contributed by atoms with Crippen LogP contribution in [-0.4, -0.2) is 74.5 Å². The molecule has 0 spiro atoms. The normalized spacial score (nSPS) is 14.0. The summed E-state index contributed by atoms with van der Waals surface area (Å²) in [6.07, 6.45) is 3.34. The molecule has 1 aromatic rings. The second kappa shape index (κ2) is 25.8. The fourth-order valence-electron chi connectivity index (χ4n) is 3.53. The Morgan fingerprint density at radius 1 is 1.21 bits per heavy atom. The summed E-state index contributed by atoms with van der Waals surface area (Å²) < 4.78 is 39.5. The molecule has 1 heterocycles. The Kier molecular flexibility index (Phi) is 25.8. The molecular weight excluding hydrogens is 607 g/mol. The van der Waals surface area contributed by atoms with Crippen LogP contribution in [0.5, 0.6) is 0 Å². The predicted octanol–water partition coefficient (Wildman–Crippen LogP) is 7.19. The van der Waals surface area contributed by atoms with Gasteiger partial charge >= 0.3 is 6.18 Å². The lowest BCUT2D eigenvalue weighted by molar-refractivity contribution is -0.107. The Labute approximate surface area is 279 Å². The van der Waals surface area contributed by atoms with Crippen molar-refractivity contribution in [2.75, 3.05) is 39.0 Å². The summed E-state index contributed by atoms with van der Waals surface area (Å²) in [6.45, 7) is 18.3. The summed E-state index contributed by atoms with van der Waals surface area (Å²) in [4.78, 5) is 32.2. The van der Waals surface area contributed by atoms with Crippen LogP contribution in [0.3, 0.4) is 0 Å². The number of nitrogens with one attached hydrogen (secondary N) is 2. The van der Waals surface area contributed by atoms with Crippen LogP contribution in [0.1, 0.15) is 71.3 Å². The molecule has 0 radical (unpaired) electrons. The number of rotatable bonds is 9. The number of aryl methyl sites for hydroxylation is 1. The molecule has 0 saturated carbocycles. The van der Waals surface area contributed by atoms with E-state index in [0.717, 1.165) is 20.1 Å². The molecule has 2 rings (SSSR count). The quantitative estimate of drug-likeness (QED) is 0.111. The zero-order valence-electron chi connectivity index (χ0n) is 28.5. The Morgan fingerprint density at radius 3 is 2.11 bits per heavy atom. The van der Waals surface area contributed by atoms with Gasteiger partial charge in [-0.05, 0) is 77.9 Å². The number of nitrogens with zero attached hydrogens (tertiary/aromatic N) is 4. The largest absolute Gasteiger partial charge is 0.433 e. The fourth-order valence-corrected chi connectivity index (χ4v) is 3.53. The molecule has 0 atom stereocenters. The number of hydrogen-bond acceptors (Lipinski definition) is 8. The van der Waals surface area contributed by atoms with Crippen LogP contribution in [0.4, 0.5) is 18.9 Å². The van der Waals surface area contributed by atoms with Gasteiger partial charge in [-0.1, -0.05) is 39.2 Å². The lowest BCUT2D eigenvalue weighted by Crippen LogP contribution is -2.53. The van der Waals surface area contributed by atoms with Gasteiger partial charge in [-0.3, -0.25) is 14.8 Å². The first kappa shape index (κ1) is 47.1. The number of likely N-dealkylation sites (N-methyl/N-ethyl adjacent to an activating group) is 1. The third-order valence-corrected chi connectivity index (χ3v) is 6.05. The van der Waals surface area contributed by atoms with Crippen molar-refractivity contribution in [1.29, 1.82) is 5.26 Å². The number of hydrogen-bond donors (Lipinski definition) is 3. The summed E-state index contributed by atoms with van der Waals surface area (Å²) in [6, 6.07) is 7.42. The molecule has 1 fully saturated rings. The average Bonchev–Trinajstić information content (AvgIpc) is 3.00. The second-order valence-corrected chi connectivity index (χ2v) is 9.97. The first-order valence-corrected chi connectivity index (χ1v) is 14.7. The molecule has 0 aromatic heterocycles. The molecule has 4 N–H and O–H groups in total. The van der Waals surface area contributed by atoms with Crippen molar-refractivity contribution in [2.24, 2.45) is 15.7 Å². The molecule has 1 amide bonds. The first-order valence-electron chi connectivity index (χ1n) is 14.7. The lowest BCUT2D eigenvalue weighted by atomic mass is 10.0. The zero-order chi connectivity index (χ0) is 35.9. The van der Waals surface area contributed by atoms with Crippen molar-refractivity contribution < 1.29 is 22.8 Å². The van der Waals surface area contributed by atoms with Gasteiger partial charge < -0.3 is 26.1 Å². The molecule has 0 unspecified atom stereocenters. The summed E-state index contributed by atoms with van der Waals surface area (Å²) in [5.41, 5.74) is 7.40. The number of carbonyl (C=O) groups is 2. The number of carbonyl (C=O) groups excluding carboxylic acids is 2. The Morgan fingerprint density at radius 2 is 1.77 bits per heavy atom. The van der Waals surface area contributed by atoms with E-state index in [9.17, 15) is 22.8 Å². The van der Waals surface area contributed by atoms with Crippen molar-refractivity contribution in [3.63, 3.8) is 0 Å². The van der Waals surface area contributed by atoms with E-state index in [4.69, 9.17) is 11.0 Å². The summed E-state index contributed by atoms with van der Waals surface area (Å²) in [5, 5.41) is 13.2. The van der Waals surface area contributed by atoms with Crippen LogP contribution in [0.25, 0.3) is 0 Å². The number of anilines is 1. The number of nitrogens with two attached hydrogens (primary N) is 1. The number of aldehydes is 1. The maximum atomic E-state index is 13.2. The second-order valence-electron chi connectivity index (χ2n) is 9.97. The van der Waals surface area contributed by atoms with Gasteiger partial charge in [0.25, 0.3) is 5.91 Å². The number of benzene rings is 1. The van der Waals surface area contributed by atoms with E-state index in [-0.39, 0.29) is 25.5 Å². The predicted molar refractivity (Wildman–Crippen MR) is 191 cm³/mol. The molecule has 1 aliphatic heterocycles. The smallest absolute Gasteiger partial charge is 0.355 e. The highest BCUT2D eigenvalue weighted by Crippen LogP contribution is 2.26. The Balaban J connectivity index is -0.00000106. The zero-order valence-corrected chi connectivity index (χ0v) is 28.5. The standard InChI is InChI=1S/C23H27F3N4O2.C4H10N2.C4H8.C3H5N.CH4/c1-7-19(21(27-6)23(24,25)26)15(3)13-29-16(4)17(5)30-18-8-9-20(14(2)12-18)22(32)28-10-11-31;1-6-2-4(5)3-6;1-3-4-2;1-2-3-4;/h7-9,11-13,30H,5,10H2,1-4,6H3,(H,28,32);4H,2-3,5H2,1H3;3-4H,1-2H3;2H2,1H3;1H4/b15-13+,19-7-,27-21?,29-16?;;4-3-;;.